The number of hydrogen-bond donors (Lipinski definition) is 1. The molecule has 0 aliphatic carbocycles. The molecule has 1 aliphatic rings. The first-order valence-electron chi connectivity index (χ1n) is 6.89. The minimum Gasteiger partial charge on any atom is -0.479 e. The van der Waals surface area contributed by atoms with Crippen LogP contribution < -0.4 is 10.5 Å². The number of amides is 1. The smallest absolute Gasteiger partial charge is 0.263 e. The second-order valence-corrected chi connectivity index (χ2v) is 4.72. The van der Waals surface area contributed by atoms with Gasteiger partial charge in [-0.2, -0.15) is 0 Å². The Labute approximate surface area is 118 Å². The van der Waals surface area contributed by atoms with E-state index in [1.165, 1.54) is 0 Å². The molecule has 6 heteroatoms. The van der Waals surface area contributed by atoms with Crippen LogP contribution in [0.1, 0.15) is 12.6 Å². The molecule has 6 nitrogen and oxygen atoms in total. The number of nitrogens with two attached hydrogens (primary N) is 1. The van der Waals surface area contributed by atoms with Crippen molar-refractivity contribution in [2.75, 3.05) is 32.8 Å². The first-order chi connectivity index (χ1) is 9.70. The standard InChI is InChI=1S/C14H21N3O3/c1-11(14(18)17-6-8-19-9-7-17)20-13-3-2-12(4-5-15)16-10-13/h2-3,10-11H,4-9,15H2,1H3. The molecule has 0 bridgehead atoms. The van der Waals surface area contributed by atoms with Gasteiger partial charge in [0.15, 0.2) is 6.10 Å². The molecule has 0 saturated carbocycles. The maximum atomic E-state index is 12.2. The SMILES string of the molecule is CC(Oc1ccc(CCN)nc1)C(=O)N1CCOCC1. The summed E-state index contributed by atoms with van der Waals surface area (Å²) < 4.78 is 10.9. The molecule has 1 aromatic heterocycles. The molecule has 2 heterocycles. The van der Waals surface area contributed by atoms with E-state index in [-0.39, 0.29) is 5.91 Å². The number of carbonyl (C=O) groups excluding carboxylic acids is 1. The van der Waals surface area contributed by atoms with Crippen molar-refractivity contribution < 1.29 is 14.3 Å². The summed E-state index contributed by atoms with van der Waals surface area (Å²) in [6, 6.07) is 3.69. The number of rotatable bonds is 5. The maximum Gasteiger partial charge on any atom is 0.263 e. The molecule has 110 valence electrons. The molecule has 1 saturated heterocycles. The van der Waals surface area contributed by atoms with Gasteiger partial charge >= 0.3 is 0 Å². The van der Waals surface area contributed by atoms with Crippen LogP contribution in [0.15, 0.2) is 18.3 Å². The highest BCUT2D eigenvalue weighted by atomic mass is 16.5. The zero-order chi connectivity index (χ0) is 14.4. The van der Waals surface area contributed by atoms with Gasteiger partial charge in [0.05, 0.1) is 19.4 Å². The first kappa shape index (κ1) is 14.7. The van der Waals surface area contributed by atoms with Crippen LogP contribution in [0, 0.1) is 0 Å². The van der Waals surface area contributed by atoms with Gasteiger partial charge in [-0.1, -0.05) is 0 Å². The number of nitrogens with zero attached hydrogens (tertiary/aromatic N) is 2. The number of aromatic nitrogens is 1. The number of pyridine rings is 1. The third-order valence-corrected chi connectivity index (χ3v) is 3.18. The highest BCUT2D eigenvalue weighted by Gasteiger charge is 2.23. The van der Waals surface area contributed by atoms with E-state index in [9.17, 15) is 4.79 Å². The van der Waals surface area contributed by atoms with Crippen LogP contribution in [0.5, 0.6) is 5.75 Å². The summed E-state index contributed by atoms with van der Waals surface area (Å²) >= 11 is 0. The van der Waals surface area contributed by atoms with Crippen molar-refractivity contribution in [3.63, 3.8) is 0 Å². The van der Waals surface area contributed by atoms with Crippen molar-refractivity contribution in [2.24, 2.45) is 5.73 Å². The molecular weight excluding hydrogens is 258 g/mol. The summed E-state index contributed by atoms with van der Waals surface area (Å²) in [6.45, 7) is 4.76. The molecule has 2 N–H and O–H groups in total. The summed E-state index contributed by atoms with van der Waals surface area (Å²) in [5.74, 6) is 0.583. The van der Waals surface area contributed by atoms with Crippen LogP contribution in [0.4, 0.5) is 0 Å². The number of hydrogen-bond acceptors (Lipinski definition) is 5. The van der Waals surface area contributed by atoms with Crippen LogP contribution >= 0.6 is 0 Å². The molecule has 0 radical (unpaired) electrons. The Morgan fingerprint density at radius 3 is 2.85 bits per heavy atom. The van der Waals surface area contributed by atoms with Crippen molar-refractivity contribution >= 4 is 5.91 Å². The average Bonchev–Trinajstić information content (AvgIpc) is 2.49. The Hall–Kier alpha value is -1.66. The molecule has 2 rings (SSSR count). The normalized spacial score (nSPS) is 16.8. The van der Waals surface area contributed by atoms with E-state index in [0.717, 1.165) is 12.1 Å². The second kappa shape index (κ2) is 7.21. The minimum atomic E-state index is -0.518. The third-order valence-electron chi connectivity index (χ3n) is 3.18. The monoisotopic (exact) mass is 279 g/mol. The molecular formula is C14H21N3O3. The highest BCUT2D eigenvalue weighted by molar-refractivity contribution is 5.81. The van der Waals surface area contributed by atoms with Gasteiger partial charge in [0, 0.05) is 25.2 Å². The predicted molar refractivity (Wildman–Crippen MR) is 74.5 cm³/mol. The average molecular weight is 279 g/mol. The van der Waals surface area contributed by atoms with E-state index in [4.69, 9.17) is 15.2 Å². The summed E-state index contributed by atoms with van der Waals surface area (Å²) in [7, 11) is 0. The van der Waals surface area contributed by atoms with Crippen LogP contribution in [-0.4, -0.2) is 54.7 Å². The Kier molecular flexibility index (Phi) is 5.31. The largest absolute Gasteiger partial charge is 0.479 e. The van der Waals surface area contributed by atoms with Crippen molar-refractivity contribution in [1.29, 1.82) is 0 Å². The van der Waals surface area contributed by atoms with E-state index in [2.05, 4.69) is 4.98 Å². The van der Waals surface area contributed by atoms with E-state index < -0.39 is 6.10 Å². The molecule has 1 atom stereocenters. The summed E-state index contributed by atoms with van der Waals surface area (Å²) in [5, 5.41) is 0. The molecule has 1 aromatic rings. The summed E-state index contributed by atoms with van der Waals surface area (Å²) in [6.07, 6.45) is 1.85. The van der Waals surface area contributed by atoms with Gasteiger partial charge in [0.1, 0.15) is 5.75 Å². The zero-order valence-corrected chi connectivity index (χ0v) is 11.7. The van der Waals surface area contributed by atoms with Crippen molar-refractivity contribution in [2.45, 2.75) is 19.4 Å². The lowest BCUT2D eigenvalue weighted by Gasteiger charge is -2.29. The fourth-order valence-electron chi connectivity index (χ4n) is 2.07. The van der Waals surface area contributed by atoms with Gasteiger partial charge in [-0.25, -0.2) is 0 Å². The van der Waals surface area contributed by atoms with Gasteiger partial charge in [0.25, 0.3) is 5.91 Å². The Morgan fingerprint density at radius 1 is 1.50 bits per heavy atom. The van der Waals surface area contributed by atoms with Crippen molar-refractivity contribution in [1.82, 2.24) is 9.88 Å². The van der Waals surface area contributed by atoms with Gasteiger partial charge in [-0.15, -0.1) is 0 Å². The van der Waals surface area contributed by atoms with Gasteiger partial charge in [0.2, 0.25) is 0 Å². The molecule has 1 aliphatic heterocycles. The van der Waals surface area contributed by atoms with E-state index >= 15 is 0 Å². The topological polar surface area (TPSA) is 77.7 Å². The molecule has 0 aromatic carbocycles. The minimum absolute atomic E-state index is 0.0145. The zero-order valence-electron chi connectivity index (χ0n) is 11.7. The number of morpholine rings is 1. The van der Waals surface area contributed by atoms with Gasteiger partial charge in [-0.05, 0) is 25.6 Å². The van der Waals surface area contributed by atoms with Crippen LogP contribution in [-0.2, 0) is 16.0 Å². The molecule has 1 unspecified atom stereocenters. The van der Waals surface area contributed by atoms with E-state index in [1.54, 1.807) is 18.0 Å². The third kappa shape index (κ3) is 3.91. The predicted octanol–water partition coefficient (Wildman–Crippen LogP) is 0.209. The lowest BCUT2D eigenvalue weighted by molar-refractivity contribution is -0.142. The van der Waals surface area contributed by atoms with Gasteiger partial charge < -0.3 is 20.1 Å². The van der Waals surface area contributed by atoms with Gasteiger partial charge in [-0.3, -0.25) is 9.78 Å². The van der Waals surface area contributed by atoms with Crippen LogP contribution in [0.3, 0.4) is 0 Å². The first-order valence-corrected chi connectivity index (χ1v) is 6.89. The van der Waals surface area contributed by atoms with Crippen molar-refractivity contribution in [3.05, 3.63) is 24.0 Å². The summed E-state index contributed by atoms with van der Waals surface area (Å²) in [5.41, 5.74) is 6.39. The highest BCUT2D eigenvalue weighted by Crippen LogP contribution is 2.13. The lowest BCUT2D eigenvalue weighted by Crippen LogP contribution is -2.46. The second-order valence-electron chi connectivity index (χ2n) is 4.72. The van der Waals surface area contributed by atoms with E-state index in [1.807, 2.05) is 12.1 Å². The Morgan fingerprint density at radius 2 is 2.25 bits per heavy atom. The lowest BCUT2D eigenvalue weighted by atomic mass is 10.2. The van der Waals surface area contributed by atoms with Crippen molar-refractivity contribution in [3.8, 4) is 5.75 Å². The molecule has 20 heavy (non-hydrogen) atoms. The quantitative estimate of drug-likeness (QED) is 0.833. The summed E-state index contributed by atoms with van der Waals surface area (Å²) in [4.78, 5) is 18.2. The Balaban J connectivity index is 1.89. The van der Waals surface area contributed by atoms with E-state index in [0.29, 0.717) is 38.6 Å². The molecule has 0 spiro atoms. The Bertz CT molecular complexity index is 430. The molecule has 1 amide bonds. The fourth-order valence-corrected chi connectivity index (χ4v) is 2.07. The maximum absolute atomic E-state index is 12.2. The number of carbonyl (C=O) groups is 1. The number of ether oxygens (including phenoxy) is 2. The van der Waals surface area contributed by atoms with Crippen LogP contribution in [0.2, 0.25) is 0 Å². The fraction of sp³-hybridized carbons (Fsp3) is 0.571. The molecule has 1 fully saturated rings. The van der Waals surface area contributed by atoms with Crippen LogP contribution in [0.25, 0.3) is 0 Å².